The summed E-state index contributed by atoms with van der Waals surface area (Å²) in [6.07, 6.45) is 61.1. The van der Waals surface area contributed by atoms with E-state index in [2.05, 4.69) is 72.0 Å². The van der Waals surface area contributed by atoms with Gasteiger partial charge in [-0.3, -0.25) is 0 Å². The molecular weight excluding hydrogens is 585 g/mol. The highest BCUT2D eigenvalue weighted by molar-refractivity contribution is 5.24. The maximum Gasteiger partial charge on any atom is 0.176 e. The van der Waals surface area contributed by atoms with Gasteiger partial charge in [0.2, 0.25) is 0 Å². The Bertz CT molecular complexity index is 1070. The monoisotopic (exact) mass is 653 g/mol. The molecule has 0 unspecified atom stereocenters. The summed E-state index contributed by atoms with van der Waals surface area (Å²) in [4.78, 5) is 0. The van der Waals surface area contributed by atoms with Crippen LogP contribution in [0.3, 0.4) is 0 Å². The molecule has 0 aromatic carbocycles. The summed E-state index contributed by atoms with van der Waals surface area (Å²) in [5.41, 5.74) is 0. The van der Waals surface area contributed by atoms with Crippen molar-refractivity contribution < 1.29 is 10.2 Å². The molecule has 2 N–H and O–H groups in total. The van der Waals surface area contributed by atoms with Crippen LogP contribution in [0.15, 0.2) is 60.8 Å². The molecule has 0 aliphatic heterocycles. The Labute approximate surface area is 297 Å². The van der Waals surface area contributed by atoms with E-state index in [0.29, 0.717) is 0 Å². The van der Waals surface area contributed by atoms with Crippen LogP contribution in [-0.2, 0) is 0 Å². The highest BCUT2D eigenvalue weighted by atomic mass is 16.3. The van der Waals surface area contributed by atoms with Gasteiger partial charge >= 0.3 is 0 Å². The summed E-state index contributed by atoms with van der Waals surface area (Å²) in [6, 6.07) is 0. The lowest BCUT2D eigenvalue weighted by Crippen LogP contribution is -1.97. The van der Waals surface area contributed by atoms with Crippen LogP contribution in [0.5, 0.6) is 0 Å². The van der Waals surface area contributed by atoms with E-state index in [1.165, 1.54) is 103 Å². The van der Waals surface area contributed by atoms with E-state index in [9.17, 15) is 10.2 Å². The van der Waals surface area contributed by atoms with Crippen molar-refractivity contribution in [1.29, 1.82) is 0 Å². The molecule has 0 saturated heterocycles. The van der Waals surface area contributed by atoms with Gasteiger partial charge in [0.25, 0.3) is 0 Å². The molecule has 0 bridgehead atoms. The van der Waals surface area contributed by atoms with Gasteiger partial charge in [-0.15, -0.1) is 12.8 Å². The standard InChI is InChI=1S/C46H68O2/c1-3-5-6-7-8-9-10-11-12-13-14-15-16-17-18-19-20-21-25-28-31-34-37-40-43-46(48)44-41-38-35-32-29-26-23-22-24-27-30-33-36-39-42-45(47)4-2/h1-2,5-6,21,23,25-26,34,37,39,42,45-48H,7-20,22,24,27-33,35-36,38H2/b6-5+,25-21+,26-23+,37-34+,42-39+/t45-,46-/m0/s1. The van der Waals surface area contributed by atoms with Crippen LogP contribution in [0.1, 0.15) is 167 Å². The molecule has 0 saturated carbocycles. The summed E-state index contributed by atoms with van der Waals surface area (Å²) >= 11 is 0. The second-order valence-corrected chi connectivity index (χ2v) is 12.6. The molecule has 2 nitrogen and oxygen atoms in total. The van der Waals surface area contributed by atoms with Gasteiger partial charge in [0.15, 0.2) is 6.10 Å². The zero-order valence-corrected chi connectivity index (χ0v) is 30.4. The first-order chi connectivity index (χ1) is 23.7. The van der Waals surface area contributed by atoms with Crippen LogP contribution in [0, 0.1) is 48.4 Å². The van der Waals surface area contributed by atoms with Crippen LogP contribution >= 0.6 is 0 Å². The Morgan fingerprint density at radius 2 is 0.854 bits per heavy atom. The van der Waals surface area contributed by atoms with Gasteiger partial charge in [-0.2, -0.15) is 0 Å². The Hall–Kier alpha value is -3.14. The predicted octanol–water partition coefficient (Wildman–Crippen LogP) is 11.9. The first-order valence-corrected chi connectivity index (χ1v) is 19.2. The van der Waals surface area contributed by atoms with Crippen molar-refractivity contribution in [3.63, 3.8) is 0 Å². The number of unbranched alkanes of at least 4 members (excludes halogenated alkanes) is 22. The highest BCUT2D eigenvalue weighted by Crippen LogP contribution is 2.13. The van der Waals surface area contributed by atoms with Crippen molar-refractivity contribution in [3.8, 4) is 48.4 Å². The minimum atomic E-state index is -0.867. The van der Waals surface area contributed by atoms with Crippen molar-refractivity contribution in [2.45, 2.75) is 179 Å². The van der Waals surface area contributed by atoms with Crippen molar-refractivity contribution in [3.05, 3.63) is 60.8 Å². The lowest BCUT2D eigenvalue weighted by molar-refractivity contribution is 0.280. The molecule has 0 spiro atoms. The fraction of sp³-hybridized carbons (Fsp3) is 0.609. The number of aliphatic hydroxyl groups is 2. The molecular formula is C46H68O2. The fourth-order valence-electron chi connectivity index (χ4n) is 5.22. The second kappa shape index (κ2) is 40.0. The van der Waals surface area contributed by atoms with E-state index in [1.54, 1.807) is 6.08 Å². The van der Waals surface area contributed by atoms with Gasteiger partial charge in [0.05, 0.1) is 0 Å². The van der Waals surface area contributed by atoms with Gasteiger partial charge in [-0.05, 0) is 102 Å². The topological polar surface area (TPSA) is 40.5 Å². The summed E-state index contributed by atoms with van der Waals surface area (Å²) in [5, 5.41) is 19.2. The lowest BCUT2D eigenvalue weighted by atomic mass is 10.0. The largest absolute Gasteiger partial charge is 0.377 e. The third-order valence-electron chi connectivity index (χ3n) is 8.10. The third kappa shape index (κ3) is 39.0. The smallest absolute Gasteiger partial charge is 0.176 e. The van der Waals surface area contributed by atoms with Crippen molar-refractivity contribution in [1.82, 2.24) is 0 Å². The average molecular weight is 653 g/mol. The van der Waals surface area contributed by atoms with Gasteiger partial charge in [0, 0.05) is 6.42 Å². The van der Waals surface area contributed by atoms with Crippen LogP contribution in [0.25, 0.3) is 0 Å². The number of hydrogen-bond acceptors (Lipinski definition) is 2. The van der Waals surface area contributed by atoms with Crippen LogP contribution in [0.2, 0.25) is 0 Å². The molecule has 0 amide bonds. The Morgan fingerprint density at radius 1 is 0.438 bits per heavy atom. The Balaban J connectivity index is 3.51. The molecule has 0 rings (SSSR count). The molecule has 0 heterocycles. The average Bonchev–Trinajstić information content (AvgIpc) is 3.09. The minimum absolute atomic E-state index is 0.746. The SMILES string of the molecule is C#C/C=C/CCCCCCCCCCCCCC/C=C/CC/C=C/C#C[C@H](O)C#CCCCC/C=C/CCCCCC/C=C/[C@@H](O)C#C. The van der Waals surface area contributed by atoms with Gasteiger partial charge in [-0.1, -0.05) is 155 Å². The first-order valence-electron chi connectivity index (χ1n) is 19.2. The van der Waals surface area contributed by atoms with Crippen molar-refractivity contribution in [2.24, 2.45) is 0 Å². The molecule has 0 aliphatic carbocycles. The van der Waals surface area contributed by atoms with Gasteiger partial charge in [-0.25, -0.2) is 0 Å². The van der Waals surface area contributed by atoms with Crippen LogP contribution in [-0.4, -0.2) is 22.4 Å². The normalized spacial score (nSPS) is 12.8. The maximum atomic E-state index is 9.93. The van der Waals surface area contributed by atoms with E-state index in [1.807, 2.05) is 18.2 Å². The van der Waals surface area contributed by atoms with Crippen LogP contribution < -0.4 is 0 Å². The van der Waals surface area contributed by atoms with Crippen molar-refractivity contribution >= 4 is 0 Å². The van der Waals surface area contributed by atoms with E-state index in [4.69, 9.17) is 12.8 Å². The van der Waals surface area contributed by atoms with Gasteiger partial charge in [0.1, 0.15) is 6.10 Å². The summed E-state index contributed by atoms with van der Waals surface area (Å²) < 4.78 is 0. The number of rotatable bonds is 30. The Morgan fingerprint density at radius 3 is 1.38 bits per heavy atom. The highest BCUT2D eigenvalue weighted by Gasteiger charge is 1.94. The quantitative estimate of drug-likeness (QED) is 0.0460. The van der Waals surface area contributed by atoms with E-state index < -0.39 is 12.2 Å². The number of allylic oxidation sites excluding steroid dienone is 9. The number of aliphatic hydroxyl groups excluding tert-OH is 2. The van der Waals surface area contributed by atoms with Crippen LogP contribution in [0.4, 0.5) is 0 Å². The lowest BCUT2D eigenvalue weighted by Gasteiger charge is -2.02. The zero-order valence-electron chi connectivity index (χ0n) is 30.4. The molecule has 0 radical (unpaired) electrons. The molecule has 2 heteroatoms. The predicted molar refractivity (Wildman–Crippen MR) is 211 cm³/mol. The van der Waals surface area contributed by atoms with Gasteiger partial charge < -0.3 is 10.2 Å². The molecule has 48 heavy (non-hydrogen) atoms. The second-order valence-electron chi connectivity index (χ2n) is 12.6. The fourth-order valence-corrected chi connectivity index (χ4v) is 5.22. The first kappa shape index (κ1) is 44.9. The zero-order chi connectivity index (χ0) is 34.9. The maximum absolute atomic E-state index is 9.93. The third-order valence-corrected chi connectivity index (χ3v) is 8.10. The number of terminal acetylenes is 2. The van der Waals surface area contributed by atoms with E-state index in [-0.39, 0.29) is 0 Å². The summed E-state index contributed by atoms with van der Waals surface area (Å²) in [5.74, 6) is 16.4. The number of hydrogen-bond donors (Lipinski definition) is 2. The van der Waals surface area contributed by atoms with E-state index >= 15 is 0 Å². The molecule has 0 fully saturated rings. The summed E-state index contributed by atoms with van der Waals surface area (Å²) in [6.45, 7) is 0. The molecule has 0 aliphatic rings. The van der Waals surface area contributed by atoms with E-state index in [0.717, 1.165) is 64.2 Å². The molecule has 0 aromatic rings. The summed E-state index contributed by atoms with van der Waals surface area (Å²) in [7, 11) is 0. The Kier molecular flexibility index (Phi) is 37.4. The molecule has 0 aromatic heterocycles. The molecule has 2 atom stereocenters. The molecule has 264 valence electrons. The minimum Gasteiger partial charge on any atom is -0.377 e. The van der Waals surface area contributed by atoms with Crippen molar-refractivity contribution in [2.75, 3.05) is 0 Å².